The Balaban J connectivity index is 1.99. The molecule has 1 saturated heterocycles. The van der Waals surface area contributed by atoms with E-state index in [-0.39, 0.29) is 10.8 Å². The fraction of sp³-hybridized carbons (Fsp3) is 0.562. The number of carbonyl (C=O) groups is 1. The van der Waals surface area contributed by atoms with E-state index in [0.717, 1.165) is 13.0 Å². The van der Waals surface area contributed by atoms with Gasteiger partial charge in [0.2, 0.25) is 15.9 Å². The Bertz CT molecular complexity index is 616. The molecule has 1 aliphatic heterocycles. The first-order valence-electron chi connectivity index (χ1n) is 7.94. The summed E-state index contributed by atoms with van der Waals surface area (Å²) in [5.41, 5.74) is 0. The van der Waals surface area contributed by atoms with E-state index >= 15 is 0 Å². The van der Waals surface area contributed by atoms with Crippen LogP contribution in [0, 0.1) is 5.92 Å². The summed E-state index contributed by atoms with van der Waals surface area (Å²) in [7, 11) is -3.72. The van der Waals surface area contributed by atoms with Crippen LogP contribution in [0.4, 0.5) is 0 Å². The Hall–Kier alpha value is -1.09. The predicted octanol–water partition coefficient (Wildman–Crippen LogP) is 1.24. The first-order valence-corrected chi connectivity index (χ1v) is 10.8. The summed E-state index contributed by atoms with van der Waals surface area (Å²) >= 11 is 1.58. The first kappa shape index (κ1) is 19.2. The molecule has 6 nitrogen and oxygen atoms in total. The molecule has 2 N–H and O–H groups in total. The van der Waals surface area contributed by atoms with Crippen LogP contribution in [0.15, 0.2) is 35.2 Å². The van der Waals surface area contributed by atoms with Gasteiger partial charge >= 0.3 is 0 Å². The van der Waals surface area contributed by atoms with Gasteiger partial charge < -0.3 is 10.1 Å². The molecule has 0 aromatic heterocycles. The summed E-state index contributed by atoms with van der Waals surface area (Å²) in [6.45, 7) is 1.88. The fourth-order valence-electron chi connectivity index (χ4n) is 2.45. The number of benzene rings is 1. The Labute approximate surface area is 147 Å². The number of hydrogen-bond acceptors (Lipinski definition) is 5. The van der Waals surface area contributed by atoms with Gasteiger partial charge in [0.05, 0.1) is 11.5 Å². The SMILES string of the molecule is CSCCC(NS(=O)(=O)c1ccccc1)C(=O)NCC1CCOC1. The predicted molar refractivity (Wildman–Crippen MR) is 95.5 cm³/mol. The monoisotopic (exact) mass is 372 g/mol. The first-order chi connectivity index (χ1) is 11.5. The van der Waals surface area contributed by atoms with E-state index in [4.69, 9.17) is 4.74 Å². The molecule has 1 fully saturated rings. The van der Waals surface area contributed by atoms with E-state index < -0.39 is 16.1 Å². The molecule has 24 heavy (non-hydrogen) atoms. The van der Waals surface area contributed by atoms with Crippen LogP contribution in [-0.2, 0) is 19.6 Å². The highest BCUT2D eigenvalue weighted by Gasteiger charge is 2.26. The normalized spacial score (nSPS) is 19.1. The van der Waals surface area contributed by atoms with E-state index in [9.17, 15) is 13.2 Å². The molecule has 0 bridgehead atoms. The number of ether oxygens (including phenoxy) is 1. The lowest BCUT2D eigenvalue weighted by Crippen LogP contribution is -2.48. The molecular formula is C16H24N2O4S2. The number of rotatable bonds is 9. The van der Waals surface area contributed by atoms with Crippen molar-refractivity contribution in [3.63, 3.8) is 0 Å². The van der Waals surface area contributed by atoms with Crippen LogP contribution in [-0.4, -0.2) is 52.1 Å². The Morgan fingerprint density at radius 1 is 1.38 bits per heavy atom. The number of carbonyl (C=O) groups excluding carboxylic acids is 1. The van der Waals surface area contributed by atoms with Crippen molar-refractivity contribution >= 4 is 27.7 Å². The summed E-state index contributed by atoms with van der Waals surface area (Å²) in [6.07, 6.45) is 3.29. The summed E-state index contributed by atoms with van der Waals surface area (Å²) in [4.78, 5) is 12.6. The van der Waals surface area contributed by atoms with Crippen LogP contribution >= 0.6 is 11.8 Å². The number of amides is 1. The van der Waals surface area contributed by atoms with Gasteiger partial charge in [-0.05, 0) is 37.0 Å². The van der Waals surface area contributed by atoms with Crippen molar-refractivity contribution in [2.24, 2.45) is 5.92 Å². The van der Waals surface area contributed by atoms with Gasteiger partial charge in [0, 0.05) is 19.1 Å². The molecule has 1 amide bonds. The van der Waals surface area contributed by atoms with Gasteiger partial charge in [-0.15, -0.1) is 0 Å². The fourth-order valence-corrected chi connectivity index (χ4v) is 4.17. The third kappa shape index (κ3) is 5.77. The second-order valence-corrected chi connectivity index (χ2v) is 8.44. The molecule has 2 unspecified atom stereocenters. The zero-order chi connectivity index (χ0) is 17.4. The van der Waals surface area contributed by atoms with Crippen molar-refractivity contribution < 1.29 is 17.9 Å². The number of thioether (sulfide) groups is 1. The van der Waals surface area contributed by atoms with Gasteiger partial charge in [-0.1, -0.05) is 18.2 Å². The lowest BCUT2D eigenvalue weighted by molar-refractivity contribution is -0.122. The second-order valence-electron chi connectivity index (χ2n) is 5.74. The van der Waals surface area contributed by atoms with E-state index in [1.807, 2.05) is 6.26 Å². The summed E-state index contributed by atoms with van der Waals surface area (Å²) < 4.78 is 32.7. The van der Waals surface area contributed by atoms with E-state index in [2.05, 4.69) is 10.0 Å². The molecule has 1 aliphatic rings. The second kappa shape index (κ2) is 9.41. The molecule has 134 valence electrons. The number of sulfonamides is 1. The number of nitrogens with one attached hydrogen (secondary N) is 2. The lowest BCUT2D eigenvalue weighted by Gasteiger charge is -2.19. The largest absolute Gasteiger partial charge is 0.381 e. The van der Waals surface area contributed by atoms with Gasteiger partial charge in [0.1, 0.15) is 6.04 Å². The van der Waals surface area contributed by atoms with E-state index in [1.54, 1.807) is 30.0 Å². The molecule has 1 aromatic carbocycles. The average molecular weight is 373 g/mol. The summed E-state index contributed by atoms with van der Waals surface area (Å²) in [5.74, 6) is 0.721. The van der Waals surface area contributed by atoms with Gasteiger partial charge in [0.25, 0.3) is 0 Å². The zero-order valence-corrected chi connectivity index (χ0v) is 15.4. The molecule has 0 spiro atoms. The minimum Gasteiger partial charge on any atom is -0.381 e. The minimum absolute atomic E-state index is 0.163. The van der Waals surface area contributed by atoms with Crippen molar-refractivity contribution in [2.75, 3.05) is 31.8 Å². The molecule has 1 aromatic rings. The quantitative estimate of drug-likeness (QED) is 0.681. The van der Waals surface area contributed by atoms with Gasteiger partial charge in [-0.3, -0.25) is 4.79 Å². The molecule has 2 rings (SSSR count). The molecule has 8 heteroatoms. The highest BCUT2D eigenvalue weighted by molar-refractivity contribution is 7.98. The highest BCUT2D eigenvalue weighted by atomic mass is 32.2. The third-order valence-corrected chi connectivity index (χ3v) is 6.00. The van der Waals surface area contributed by atoms with E-state index in [1.165, 1.54) is 12.1 Å². The molecular weight excluding hydrogens is 348 g/mol. The van der Waals surface area contributed by atoms with Crippen molar-refractivity contribution in [2.45, 2.75) is 23.8 Å². The molecule has 0 aliphatic carbocycles. The van der Waals surface area contributed by atoms with Crippen LogP contribution in [0.3, 0.4) is 0 Å². The topological polar surface area (TPSA) is 84.5 Å². The molecule has 2 atom stereocenters. The average Bonchev–Trinajstić information content (AvgIpc) is 3.10. The third-order valence-electron chi connectivity index (χ3n) is 3.87. The minimum atomic E-state index is -3.72. The Kier molecular flexibility index (Phi) is 7.54. The zero-order valence-electron chi connectivity index (χ0n) is 13.7. The standard InChI is InChI=1S/C16H24N2O4S2/c1-23-10-8-15(16(19)17-11-13-7-9-22-12-13)18-24(20,21)14-5-3-2-4-6-14/h2-6,13,15,18H,7-12H2,1H3,(H,17,19). The summed E-state index contributed by atoms with van der Waals surface area (Å²) in [6, 6.07) is 7.33. The van der Waals surface area contributed by atoms with Gasteiger partial charge in [-0.2, -0.15) is 16.5 Å². The molecule has 0 saturated carbocycles. The van der Waals surface area contributed by atoms with Crippen molar-refractivity contribution in [1.82, 2.24) is 10.0 Å². The Morgan fingerprint density at radius 2 is 2.12 bits per heavy atom. The maximum absolute atomic E-state index is 12.5. The van der Waals surface area contributed by atoms with Crippen LogP contribution in [0.5, 0.6) is 0 Å². The Morgan fingerprint density at radius 3 is 2.75 bits per heavy atom. The van der Waals surface area contributed by atoms with Crippen LogP contribution in [0.1, 0.15) is 12.8 Å². The molecule has 1 heterocycles. The number of hydrogen-bond donors (Lipinski definition) is 2. The van der Waals surface area contributed by atoms with Crippen molar-refractivity contribution in [3.8, 4) is 0 Å². The maximum atomic E-state index is 12.5. The van der Waals surface area contributed by atoms with Crippen molar-refractivity contribution in [1.29, 1.82) is 0 Å². The van der Waals surface area contributed by atoms with Crippen LogP contribution in [0.2, 0.25) is 0 Å². The van der Waals surface area contributed by atoms with Crippen LogP contribution < -0.4 is 10.0 Å². The molecule has 0 radical (unpaired) electrons. The van der Waals surface area contributed by atoms with Crippen molar-refractivity contribution in [3.05, 3.63) is 30.3 Å². The maximum Gasteiger partial charge on any atom is 0.241 e. The van der Waals surface area contributed by atoms with Gasteiger partial charge in [0.15, 0.2) is 0 Å². The van der Waals surface area contributed by atoms with Gasteiger partial charge in [-0.25, -0.2) is 8.42 Å². The smallest absolute Gasteiger partial charge is 0.241 e. The highest BCUT2D eigenvalue weighted by Crippen LogP contribution is 2.12. The summed E-state index contributed by atoms with van der Waals surface area (Å²) in [5, 5.41) is 2.85. The lowest BCUT2D eigenvalue weighted by atomic mass is 10.1. The van der Waals surface area contributed by atoms with Crippen LogP contribution in [0.25, 0.3) is 0 Å². The van der Waals surface area contributed by atoms with E-state index in [0.29, 0.717) is 31.2 Å².